The van der Waals surface area contributed by atoms with Crippen molar-refractivity contribution in [3.63, 3.8) is 0 Å². The van der Waals surface area contributed by atoms with Crippen molar-refractivity contribution in [2.24, 2.45) is 5.92 Å². The minimum Gasteiger partial charge on any atom is -0.395 e. The van der Waals surface area contributed by atoms with Crippen molar-refractivity contribution < 1.29 is 13.5 Å². The lowest BCUT2D eigenvalue weighted by Crippen LogP contribution is -2.45. The van der Waals surface area contributed by atoms with E-state index in [-0.39, 0.29) is 18.6 Å². The Hall–Kier alpha value is -0.170. The van der Waals surface area contributed by atoms with E-state index in [9.17, 15) is 8.42 Å². The zero-order valence-electron chi connectivity index (χ0n) is 8.84. The lowest BCUT2D eigenvalue weighted by atomic mass is 10.0. The van der Waals surface area contributed by atoms with Gasteiger partial charge in [0.15, 0.2) is 0 Å². The third-order valence-corrected chi connectivity index (χ3v) is 4.75. The topological polar surface area (TPSA) is 60.9 Å². The quantitative estimate of drug-likeness (QED) is 0.700. The zero-order valence-corrected chi connectivity index (χ0v) is 9.66. The Morgan fingerprint density at radius 3 is 2.50 bits per heavy atom. The average molecular weight is 222 g/mol. The van der Waals surface area contributed by atoms with E-state index in [1.54, 1.807) is 0 Å². The summed E-state index contributed by atoms with van der Waals surface area (Å²) in [4.78, 5) is 0. The van der Waals surface area contributed by atoms with Crippen LogP contribution in [-0.2, 0) is 10.2 Å². The molecule has 1 fully saturated rings. The highest BCUT2D eigenvalue weighted by Crippen LogP contribution is 2.26. The van der Waals surface area contributed by atoms with Crippen LogP contribution >= 0.6 is 0 Å². The largest absolute Gasteiger partial charge is 0.395 e. The highest BCUT2D eigenvalue weighted by Gasteiger charge is 2.39. The summed E-state index contributed by atoms with van der Waals surface area (Å²) in [5, 5.41) is 9.13. The number of nitrogens with zero attached hydrogens (tertiary/aromatic N) is 2. The van der Waals surface area contributed by atoms with Gasteiger partial charge in [0, 0.05) is 20.6 Å². The molecule has 0 spiro atoms. The maximum atomic E-state index is 11.8. The molecular weight excluding hydrogens is 204 g/mol. The predicted octanol–water partition coefficient (Wildman–Crippen LogP) is -0.504. The van der Waals surface area contributed by atoms with Crippen LogP contribution in [0.2, 0.25) is 0 Å². The molecule has 0 bridgehead atoms. The van der Waals surface area contributed by atoms with Crippen molar-refractivity contribution >= 4 is 10.2 Å². The van der Waals surface area contributed by atoms with Gasteiger partial charge in [0.25, 0.3) is 10.2 Å². The summed E-state index contributed by atoms with van der Waals surface area (Å²) < 4.78 is 26.2. The molecule has 0 aromatic carbocycles. The Kier molecular flexibility index (Phi) is 3.52. The Labute approximate surface area is 85.5 Å². The van der Waals surface area contributed by atoms with Crippen molar-refractivity contribution in [3.05, 3.63) is 0 Å². The SMILES string of the molecule is CC1CCN(S(=O)(=O)N(C)C)C1CO. The molecule has 1 N–H and O–H groups in total. The molecule has 84 valence electrons. The zero-order chi connectivity index (χ0) is 10.9. The first-order valence-electron chi connectivity index (χ1n) is 4.71. The standard InChI is InChI=1S/C8H18N2O3S/c1-7-4-5-10(8(7)6-11)14(12,13)9(2)3/h7-8,11H,4-6H2,1-3H3. The molecule has 0 aliphatic carbocycles. The van der Waals surface area contributed by atoms with E-state index in [4.69, 9.17) is 5.11 Å². The summed E-state index contributed by atoms with van der Waals surface area (Å²) in [6, 6.07) is -0.262. The van der Waals surface area contributed by atoms with Crippen LogP contribution in [0.25, 0.3) is 0 Å². The molecule has 6 heteroatoms. The van der Waals surface area contributed by atoms with Crippen molar-refractivity contribution in [1.29, 1.82) is 0 Å². The van der Waals surface area contributed by atoms with E-state index < -0.39 is 10.2 Å². The normalized spacial score (nSPS) is 30.1. The van der Waals surface area contributed by atoms with E-state index in [2.05, 4.69) is 0 Å². The van der Waals surface area contributed by atoms with Crippen molar-refractivity contribution in [1.82, 2.24) is 8.61 Å². The number of aliphatic hydroxyl groups is 1. The highest BCUT2D eigenvalue weighted by atomic mass is 32.2. The van der Waals surface area contributed by atoms with Crippen LogP contribution in [0, 0.1) is 5.92 Å². The molecule has 0 amide bonds. The monoisotopic (exact) mass is 222 g/mol. The van der Waals surface area contributed by atoms with Crippen molar-refractivity contribution in [3.8, 4) is 0 Å². The summed E-state index contributed by atoms with van der Waals surface area (Å²) in [7, 11) is -0.351. The van der Waals surface area contributed by atoms with Gasteiger partial charge in [-0.15, -0.1) is 0 Å². The number of hydrogen-bond acceptors (Lipinski definition) is 3. The lowest BCUT2D eigenvalue weighted by molar-refractivity contribution is 0.187. The van der Waals surface area contributed by atoms with Gasteiger partial charge in [-0.3, -0.25) is 0 Å². The number of hydrogen-bond donors (Lipinski definition) is 1. The first kappa shape index (κ1) is 11.9. The third-order valence-electron chi connectivity index (χ3n) is 2.78. The second-order valence-electron chi connectivity index (χ2n) is 3.92. The molecule has 1 aliphatic heterocycles. The molecule has 14 heavy (non-hydrogen) atoms. The smallest absolute Gasteiger partial charge is 0.281 e. The molecule has 0 aromatic heterocycles. The van der Waals surface area contributed by atoms with E-state index in [1.807, 2.05) is 6.92 Å². The fourth-order valence-electron chi connectivity index (χ4n) is 1.74. The lowest BCUT2D eigenvalue weighted by Gasteiger charge is -2.27. The average Bonchev–Trinajstić information content (AvgIpc) is 2.46. The maximum absolute atomic E-state index is 11.8. The van der Waals surface area contributed by atoms with E-state index >= 15 is 0 Å². The molecule has 5 nitrogen and oxygen atoms in total. The van der Waals surface area contributed by atoms with Gasteiger partial charge in [0.05, 0.1) is 12.6 Å². The van der Waals surface area contributed by atoms with Gasteiger partial charge in [0.2, 0.25) is 0 Å². The van der Waals surface area contributed by atoms with Crippen molar-refractivity contribution in [2.45, 2.75) is 19.4 Å². The fraction of sp³-hybridized carbons (Fsp3) is 1.00. The van der Waals surface area contributed by atoms with Crippen molar-refractivity contribution in [2.75, 3.05) is 27.2 Å². The third kappa shape index (κ3) is 1.93. The molecular formula is C8H18N2O3S. The minimum absolute atomic E-state index is 0.103. The van der Waals surface area contributed by atoms with Gasteiger partial charge in [-0.2, -0.15) is 17.0 Å². The van der Waals surface area contributed by atoms with Gasteiger partial charge in [-0.25, -0.2) is 0 Å². The summed E-state index contributed by atoms with van der Waals surface area (Å²) >= 11 is 0. The Bertz CT molecular complexity index is 289. The molecule has 1 aliphatic rings. The Morgan fingerprint density at radius 2 is 2.07 bits per heavy atom. The van der Waals surface area contributed by atoms with Gasteiger partial charge >= 0.3 is 0 Å². The highest BCUT2D eigenvalue weighted by molar-refractivity contribution is 7.86. The first-order chi connectivity index (χ1) is 6.41. The van der Waals surface area contributed by atoms with Gasteiger partial charge in [-0.05, 0) is 12.3 Å². The summed E-state index contributed by atoms with van der Waals surface area (Å²) in [5.74, 6) is 0.231. The number of rotatable bonds is 3. The van der Waals surface area contributed by atoms with Crippen LogP contribution in [-0.4, -0.2) is 55.4 Å². The molecule has 1 heterocycles. The van der Waals surface area contributed by atoms with Crippen LogP contribution in [0.1, 0.15) is 13.3 Å². The van der Waals surface area contributed by atoms with Gasteiger partial charge in [-0.1, -0.05) is 6.92 Å². The van der Waals surface area contributed by atoms with E-state index in [0.717, 1.165) is 6.42 Å². The summed E-state index contributed by atoms with van der Waals surface area (Å²) in [6.45, 7) is 2.37. The van der Waals surface area contributed by atoms with E-state index in [1.165, 1.54) is 22.7 Å². The van der Waals surface area contributed by atoms with Crippen LogP contribution < -0.4 is 0 Å². The van der Waals surface area contributed by atoms with Crippen LogP contribution in [0.4, 0.5) is 0 Å². The fourth-order valence-corrected chi connectivity index (χ4v) is 3.11. The maximum Gasteiger partial charge on any atom is 0.281 e. The van der Waals surface area contributed by atoms with Gasteiger partial charge < -0.3 is 5.11 Å². The van der Waals surface area contributed by atoms with Gasteiger partial charge in [0.1, 0.15) is 0 Å². The molecule has 2 unspecified atom stereocenters. The van der Waals surface area contributed by atoms with E-state index in [0.29, 0.717) is 6.54 Å². The summed E-state index contributed by atoms with van der Waals surface area (Å²) in [5.41, 5.74) is 0. The van der Waals surface area contributed by atoms with Crippen LogP contribution in [0.3, 0.4) is 0 Å². The second-order valence-corrected chi connectivity index (χ2v) is 6.01. The predicted molar refractivity (Wildman–Crippen MR) is 54.0 cm³/mol. The Balaban J connectivity index is 2.89. The molecule has 0 aromatic rings. The molecule has 1 rings (SSSR count). The first-order valence-corrected chi connectivity index (χ1v) is 6.11. The minimum atomic E-state index is -3.36. The van der Waals surface area contributed by atoms with Crippen LogP contribution in [0.15, 0.2) is 0 Å². The number of aliphatic hydroxyl groups excluding tert-OH is 1. The van der Waals surface area contributed by atoms with Crippen LogP contribution in [0.5, 0.6) is 0 Å². The summed E-state index contributed by atoms with van der Waals surface area (Å²) in [6.07, 6.45) is 0.818. The Morgan fingerprint density at radius 1 is 1.50 bits per heavy atom. The molecule has 1 saturated heterocycles. The second kappa shape index (κ2) is 4.14. The molecule has 2 atom stereocenters. The molecule has 0 radical (unpaired) electrons. The molecule has 0 saturated carbocycles.